The first-order chi connectivity index (χ1) is 32.9. The van der Waals surface area contributed by atoms with Gasteiger partial charge in [0.2, 0.25) is 27.2 Å². The molecule has 352 valence electrons. The van der Waals surface area contributed by atoms with Crippen LogP contribution in [-0.2, 0) is 0 Å². The molecule has 8 rings (SSSR count). The first-order valence-electron chi connectivity index (χ1n) is 20.8. The van der Waals surface area contributed by atoms with Crippen LogP contribution in [0.1, 0.15) is 0 Å². The molecule has 0 aliphatic heterocycles. The van der Waals surface area contributed by atoms with Crippen molar-refractivity contribution in [1.82, 2.24) is 0 Å². The summed E-state index contributed by atoms with van der Waals surface area (Å²) in [6, 6.07) is 57.1. The van der Waals surface area contributed by atoms with Crippen molar-refractivity contribution in [2.45, 2.75) is 0 Å². The van der Waals surface area contributed by atoms with Crippen molar-refractivity contribution in [1.29, 1.82) is 0 Å². The van der Waals surface area contributed by atoms with E-state index in [2.05, 4.69) is 0 Å². The molecule has 0 fully saturated rings. The molecule has 0 saturated carbocycles. The summed E-state index contributed by atoms with van der Waals surface area (Å²) >= 11 is 0. The number of nitrogen functional groups attached to an aromatic ring is 8. The zero-order valence-corrected chi connectivity index (χ0v) is 37.2. The Hall–Kier alpha value is -9.44. The van der Waals surface area contributed by atoms with Crippen molar-refractivity contribution in [3.63, 3.8) is 0 Å². The molecule has 0 saturated heterocycles. The summed E-state index contributed by atoms with van der Waals surface area (Å²) < 4.78 is 43.1. The summed E-state index contributed by atoms with van der Waals surface area (Å²) in [5.74, 6) is 5.74. The Morgan fingerprint density at radius 3 is 0.338 bits per heavy atom. The highest BCUT2D eigenvalue weighted by Crippen LogP contribution is 2.20. The lowest BCUT2D eigenvalue weighted by Crippen LogP contribution is -2.05. The molecule has 0 heterocycles. The Bertz CT molecular complexity index is 2050. The van der Waals surface area contributed by atoms with Crippen LogP contribution in [-0.4, -0.2) is 27.2 Å². The minimum absolute atomic E-state index is 0.147. The van der Waals surface area contributed by atoms with Crippen LogP contribution in [0.2, 0.25) is 0 Å². The van der Waals surface area contributed by atoms with Crippen molar-refractivity contribution >= 4 is 45.5 Å². The van der Waals surface area contributed by atoms with Crippen LogP contribution in [0.15, 0.2) is 194 Å². The normalized spacial score (nSPS) is 9.88. The molecule has 0 atom stereocenters. The zero-order chi connectivity index (χ0) is 48.4. The summed E-state index contributed by atoms with van der Waals surface area (Å²) in [5, 5.41) is 0. The van der Waals surface area contributed by atoms with Gasteiger partial charge in [-0.3, -0.25) is 0 Å². The zero-order valence-electron chi connectivity index (χ0n) is 37.2. The molecule has 8 aromatic rings. The molecule has 0 radical (unpaired) electrons. The molecule has 0 aliphatic rings. The lowest BCUT2D eigenvalue weighted by molar-refractivity contribution is 0.119. The average molecular weight is 921 g/mol. The maximum atomic E-state index is 5.56. The highest BCUT2D eigenvalue weighted by molar-refractivity contribution is 5.46. The number of anilines is 8. The van der Waals surface area contributed by atoms with Gasteiger partial charge in [-0.1, -0.05) is 0 Å². The molecular weight excluding hydrogens is 865 g/mol. The number of nitrogens with two attached hydrogens (primary N) is 8. The van der Waals surface area contributed by atoms with Crippen molar-refractivity contribution in [2.24, 2.45) is 0 Å². The van der Waals surface area contributed by atoms with Crippen LogP contribution in [0.5, 0.6) is 46.0 Å². The summed E-state index contributed by atoms with van der Waals surface area (Å²) in [5.41, 5.74) is 50.1. The van der Waals surface area contributed by atoms with E-state index in [1.165, 1.54) is 0 Å². The molecule has 0 aromatic heterocycles. The standard InChI is InChI=1S/4C13H14N2O2/c4*14-10-1-5-12(6-2-10)16-9-17-13-7-3-11(15)4-8-13/h4*1-8H,9,14-15H2. The number of rotatable bonds is 16. The van der Waals surface area contributed by atoms with Gasteiger partial charge in [0.15, 0.2) is 0 Å². The monoisotopic (exact) mass is 920 g/mol. The van der Waals surface area contributed by atoms with Crippen LogP contribution in [0.3, 0.4) is 0 Å². The van der Waals surface area contributed by atoms with Crippen molar-refractivity contribution < 1.29 is 37.9 Å². The van der Waals surface area contributed by atoms with E-state index in [0.29, 0.717) is 45.5 Å². The van der Waals surface area contributed by atoms with Gasteiger partial charge in [0, 0.05) is 45.5 Å². The molecule has 0 bridgehead atoms. The summed E-state index contributed by atoms with van der Waals surface area (Å²) in [6.07, 6.45) is 0. The van der Waals surface area contributed by atoms with Gasteiger partial charge < -0.3 is 83.8 Å². The fraction of sp³-hybridized carbons (Fsp3) is 0.0769. The van der Waals surface area contributed by atoms with E-state index >= 15 is 0 Å². The number of ether oxygens (including phenoxy) is 8. The van der Waals surface area contributed by atoms with Gasteiger partial charge in [-0.05, 0) is 194 Å². The third-order valence-corrected chi connectivity index (χ3v) is 8.85. The van der Waals surface area contributed by atoms with E-state index in [9.17, 15) is 0 Å². The Morgan fingerprint density at radius 1 is 0.162 bits per heavy atom. The van der Waals surface area contributed by atoms with Gasteiger partial charge in [-0.25, -0.2) is 0 Å². The van der Waals surface area contributed by atoms with Gasteiger partial charge in [-0.2, -0.15) is 0 Å². The Labute approximate surface area is 395 Å². The van der Waals surface area contributed by atoms with Gasteiger partial charge >= 0.3 is 0 Å². The summed E-state index contributed by atoms with van der Waals surface area (Å²) in [4.78, 5) is 0. The van der Waals surface area contributed by atoms with Gasteiger partial charge in [0.05, 0.1) is 0 Å². The quantitative estimate of drug-likeness (QED) is 0.0331. The summed E-state index contributed by atoms with van der Waals surface area (Å²) in [7, 11) is 0. The second-order valence-electron chi connectivity index (χ2n) is 14.2. The average Bonchev–Trinajstić information content (AvgIpc) is 3.35. The Kier molecular flexibility index (Phi) is 19.7. The van der Waals surface area contributed by atoms with Crippen LogP contribution >= 0.6 is 0 Å². The van der Waals surface area contributed by atoms with E-state index in [1.54, 1.807) is 194 Å². The molecule has 0 aliphatic carbocycles. The van der Waals surface area contributed by atoms with Gasteiger partial charge in [0.25, 0.3) is 0 Å². The third kappa shape index (κ3) is 19.5. The van der Waals surface area contributed by atoms with Crippen molar-refractivity contribution in [3.05, 3.63) is 194 Å². The second-order valence-corrected chi connectivity index (χ2v) is 14.2. The molecule has 0 spiro atoms. The fourth-order valence-electron chi connectivity index (χ4n) is 5.17. The minimum Gasteiger partial charge on any atom is -0.458 e. The minimum atomic E-state index is 0.147. The van der Waals surface area contributed by atoms with Crippen LogP contribution in [0, 0.1) is 0 Å². The van der Waals surface area contributed by atoms with E-state index in [0.717, 1.165) is 46.0 Å². The first-order valence-corrected chi connectivity index (χ1v) is 20.8. The number of benzene rings is 8. The van der Waals surface area contributed by atoms with Gasteiger partial charge in [0.1, 0.15) is 46.0 Å². The van der Waals surface area contributed by atoms with Crippen LogP contribution in [0.25, 0.3) is 0 Å². The van der Waals surface area contributed by atoms with E-state index in [1.807, 2.05) is 0 Å². The largest absolute Gasteiger partial charge is 0.458 e. The molecule has 68 heavy (non-hydrogen) atoms. The van der Waals surface area contributed by atoms with E-state index in [4.69, 9.17) is 83.8 Å². The molecule has 16 heteroatoms. The molecule has 16 N–H and O–H groups in total. The second kappa shape index (κ2) is 27.0. The lowest BCUT2D eigenvalue weighted by Gasteiger charge is -2.08. The Balaban J connectivity index is 0.000000169. The van der Waals surface area contributed by atoms with Crippen molar-refractivity contribution in [2.75, 3.05) is 73.0 Å². The predicted octanol–water partition coefficient (Wildman–Crippen LogP) is 9.07. The van der Waals surface area contributed by atoms with E-state index < -0.39 is 0 Å². The fourth-order valence-corrected chi connectivity index (χ4v) is 5.17. The molecule has 16 nitrogen and oxygen atoms in total. The highest BCUT2D eigenvalue weighted by atomic mass is 16.7. The number of hydrogen-bond donors (Lipinski definition) is 8. The first kappa shape index (κ1) is 49.6. The molecular formula is C52H56N8O8. The van der Waals surface area contributed by atoms with Crippen LogP contribution < -0.4 is 83.8 Å². The Morgan fingerprint density at radius 2 is 0.250 bits per heavy atom. The molecule has 8 aromatic carbocycles. The predicted molar refractivity (Wildman–Crippen MR) is 271 cm³/mol. The highest BCUT2D eigenvalue weighted by Gasteiger charge is 2.00. The third-order valence-electron chi connectivity index (χ3n) is 8.85. The molecule has 0 amide bonds. The number of hydrogen-bond acceptors (Lipinski definition) is 16. The van der Waals surface area contributed by atoms with E-state index in [-0.39, 0.29) is 27.2 Å². The topological polar surface area (TPSA) is 282 Å². The van der Waals surface area contributed by atoms with Gasteiger partial charge in [-0.15, -0.1) is 0 Å². The van der Waals surface area contributed by atoms with Crippen LogP contribution in [0.4, 0.5) is 45.5 Å². The maximum Gasteiger partial charge on any atom is 0.230 e. The SMILES string of the molecule is Nc1ccc(OCOc2ccc(N)cc2)cc1.Nc1ccc(OCOc2ccc(N)cc2)cc1.Nc1ccc(OCOc2ccc(N)cc2)cc1.Nc1ccc(OCOc2ccc(N)cc2)cc1. The van der Waals surface area contributed by atoms with Crippen molar-refractivity contribution in [3.8, 4) is 46.0 Å². The maximum absolute atomic E-state index is 5.56. The lowest BCUT2D eigenvalue weighted by atomic mass is 10.3. The molecule has 0 unspecified atom stereocenters. The summed E-state index contributed by atoms with van der Waals surface area (Å²) in [6.45, 7) is 0.587. The smallest absolute Gasteiger partial charge is 0.230 e.